The van der Waals surface area contributed by atoms with Gasteiger partial charge in [0.2, 0.25) is 5.91 Å². The van der Waals surface area contributed by atoms with Crippen LogP contribution in [-0.2, 0) is 11.2 Å². The Morgan fingerprint density at radius 3 is 2.64 bits per heavy atom. The maximum Gasteiger partial charge on any atom is 0.308 e. The summed E-state index contributed by atoms with van der Waals surface area (Å²) in [5.74, 6) is -0.0521. The molecule has 4 nitrogen and oxygen atoms in total. The number of hydrogen-bond acceptors (Lipinski definition) is 3. The van der Waals surface area contributed by atoms with E-state index in [9.17, 15) is 9.59 Å². The van der Waals surface area contributed by atoms with Crippen molar-refractivity contribution in [2.45, 2.75) is 40.2 Å². The normalized spacial score (nSPS) is 11.2. The Labute approximate surface area is 151 Å². The number of thiazole rings is 1. The Bertz CT molecular complexity index is 999. The fraction of sp³-hybridized carbons (Fsp3) is 0.300. The first-order valence-corrected chi connectivity index (χ1v) is 9.18. The summed E-state index contributed by atoms with van der Waals surface area (Å²) in [7, 11) is 0. The minimum atomic E-state index is -0.0521. The smallest absolute Gasteiger partial charge is 0.308 e. The average Bonchev–Trinajstić information content (AvgIpc) is 2.86. The number of hydrogen-bond donors (Lipinski definition) is 1. The molecule has 0 saturated carbocycles. The molecule has 0 unspecified atom stereocenters. The number of anilines is 1. The number of nitrogens with zero attached hydrogens (tertiary/aromatic N) is 1. The summed E-state index contributed by atoms with van der Waals surface area (Å²) >= 11 is 1.21. The van der Waals surface area contributed by atoms with Gasteiger partial charge in [0, 0.05) is 11.7 Å². The zero-order chi connectivity index (χ0) is 18.1. The molecule has 0 aliphatic heterocycles. The van der Waals surface area contributed by atoms with E-state index in [2.05, 4.69) is 5.32 Å². The monoisotopic (exact) mass is 354 g/mol. The first kappa shape index (κ1) is 17.4. The molecule has 0 radical (unpaired) electrons. The topological polar surface area (TPSA) is 51.1 Å². The number of amides is 1. The molecule has 0 bridgehead atoms. The van der Waals surface area contributed by atoms with Crippen molar-refractivity contribution in [2.24, 2.45) is 0 Å². The third kappa shape index (κ3) is 3.66. The first-order chi connectivity index (χ1) is 11.8. The van der Waals surface area contributed by atoms with Gasteiger partial charge in [-0.1, -0.05) is 35.1 Å². The number of fused-ring (bicyclic) bond motifs is 1. The highest BCUT2D eigenvalue weighted by atomic mass is 32.1. The second kappa shape index (κ2) is 6.84. The van der Waals surface area contributed by atoms with Crippen LogP contribution in [0.3, 0.4) is 0 Å². The number of aryl methyl sites for hydroxylation is 2. The van der Waals surface area contributed by atoms with Crippen LogP contribution in [-0.4, -0.2) is 10.5 Å². The fourth-order valence-electron chi connectivity index (χ4n) is 2.97. The molecule has 1 amide bonds. The van der Waals surface area contributed by atoms with Crippen molar-refractivity contribution < 1.29 is 4.79 Å². The number of benzene rings is 2. The van der Waals surface area contributed by atoms with Crippen molar-refractivity contribution in [3.8, 4) is 0 Å². The van der Waals surface area contributed by atoms with Gasteiger partial charge in [0.15, 0.2) is 0 Å². The van der Waals surface area contributed by atoms with Gasteiger partial charge in [0.25, 0.3) is 0 Å². The van der Waals surface area contributed by atoms with Gasteiger partial charge >= 0.3 is 4.87 Å². The van der Waals surface area contributed by atoms with Crippen LogP contribution < -0.4 is 10.2 Å². The molecule has 1 aromatic heterocycles. The Hall–Kier alpha value is -2.40. The maximum atomic E-state index is 12.4. The average molecular weight is 354 g/mol. The molecule has 0 aliphatic carbocycles. The number of carbonyl (C=O) groups excluding carboxylic acids is 1. The van der Waals surface area contributed by atoms with Crippen LogP contribution in [0.5, 0.6) is 0 Å². The molecule has 130 valence electrons. The van der Waals surface area contributed by atoms with Crippen LogP contribution in [0.15, 0.2) is 41.2 Å². The second-order valence-electron chi connectivity index (χ2n) is 6.67. The highest BCUT2D eigenvalue weighted by Gasteiger charge is 2.12. The molecule has 3 aromatic rings. The Kier molecular flexibility index (Phi) is 4.77. The first-order valence-electron chi connectivity index (χ1n) is 8.36. The highest BCUT2D eigenvalue weighted by molar-refractivity contribution is 7.16. The van der Waals surface area contributed by atoms with Crippen molar-refractivity contribution in [1.82, 2.24) is 4.57 Å². The van der Waals surface area contributed by atoms with Gasteiger partial charge in [-0.05, 0) is 57.0 Å². The summed E-state index contributed by atoms with van der Waals surface area (Å²) in [5.41, 5.74) is 4.93. The molecular formula is C20H22N2O2S. The minimum Gasteiger partial charge on any atom is -0.326 e. The van der Waals surface area contributed by atoms with Crippen LogP contribution in [0.4, 0.5) is 5.69 Å². The molecule has 0 aliphatic rings. The van der Waals surface area contributed by atoms with Gasteiger partial charge in [-0.25, -0.2) is 0 Å². The third-order valence-corrected chi connectivity index (χ3v) is 5.19. The van der Waals surface area contributed by atoms with Gasteiger partial charge in [0.05, 0.1) is 16.6 Å². The molecule has 5 heteroatoms. The second-order valence-corrected chi connectivity index (χ2v) is 7.66. The van der Waals surface area contributed by atoms with Crippen LogP contribution in [0.1, 0.15) is 36.6 Å². The fourth-order valence-corrected chi connectivity index (χ4v) is 4.02. The van der Waals surface area contributed by atoms with E-state index in [1.165, 1.54) is 11.3 Å². The van der Waals surface area contributed by atoms with E-state index in [0.29, 0.717) is 6.42 Å². The molecule has 0 saturated heterocycles. The summed E-state index contributed by atoms with van der Waals surface area (Å²) in [4.78, 5) is 24.5. The van der Waals surface area contributed by atoms with E-state index < -0.39 is 0 Å². The molecule has 25 heavy (non-hydrogen) atoms. The van der Waals surface area contributed by atoms with Gasteiger partial charge in [-0.2, -0.15) is 0 Å². The standard InChI is InChI=1S/C20H22N2O2S/c1-12(2)22-17-8-7-16(11-18(17)25-20(22)24)21-19(23)10-15-9-13(3)5-6-14(15)4/h5-9,11-12H,10H2,1-4H3,(H,21,23). The van der Waals surface area contributed by atoms with Crippen LogP contribution >= 0.6 is 11.3 Å². The van der Waals surface area contributed by atoms with Crippen LogP contribution in [0.2, 0.25) is 0 Å². The van der Waals surface area contributed by atoms with E-state index in [0.717, 1.165) is 32.6 Å². The molecule has 1 heterocycles. The largest absolute Gasteiger partial charge is 0.326 e. The molecular weight excluding hydrogens is 332 g/mol. The van der Waals surface area contributed by atoms with Crippen molar-refractivity contribution in [2.75, 3.05) is 5.32 Å². The van der Waals surface area contributed by atoms with Crippen molar-refractivity contribution >= 4 is 33.1 Å². The third-order valence-electron chi connectivity index (χ3n) is 4.27. The molecule has 3 rings (SSSR count). The lowest BCUT2D eigenvalue weighted by molar-refractivity contribution is -0.115. The highest BCUT2D eigenvalue weighted by Crippen LogP contribution is 2.24. The van der Waals surface area contributed by atoms with Crippen LogP contribution in [0.25, 0.3) is 10.2 Å². The van der Waals surface area contributed by atoms with E-state index in [-0.39, 0.29) is 16.8 Å². The lowest BCUT2D eigenvalue weighted by atomic mass is 10.0. The number of carbonyl (C=O) groups is 1. The summed E-state index contributed by atoms with van der Waals surface area (Å²) in [6, 6.07) is 11.9. The van der Waals surface area contributed by atoms with Gasteiger partial charge < -0.3 is 5.32 Å². The summed E-state index contributed by atoms with van der Waals surface area (Å²) < 4.78 is 2.67. The maximum absolute atomic E-state index is 12.4. The van der Waals surface area contributed by atoms with Crippen LogP contribution in [0, 0.1) is 13.8 Å². The Morgan fingerprint density at radius 1 is 1.16 bits per heavy atom. The predicted molar refractivity (Wildman–Crippen MR) is 105 cm³/mol. The zero-order valence-electron chi connectivity index (χ0n) is 14.9. The van der Waals surface area contributed by atoms with Gasteiger partial charge in [-0.3, -0.25) is 14.2 Å². The molecule has 2 aromatic carbocycles. The molecule has 1 N–H and O–H groups in total. The predicted octanol–water partition coefficient (Wildman–Crippen LogP) is 4.44. The summed E-state index contributed by atoms with van der Waals surface area (Å²) in [5, 5.41) is 2.94. The Balaban J connectivity index is 1.82. The lowest BCUT2D eigenvalue weighted by Crippen LogP contribution is -2.15. The van der Waals surface area contributed by atoms with E-state index in [4.69, 9.17) is 0 Å². The van der Waals surface area contributed by atoms with E-state index >= 15 is 0 Å². The van der Waals surface area contributed by atoms with Crippen molar-refractivity contribution in [1.29, 1.82) is 0 Å². The summed E-state index contributed by atoms with van der Waals surface area (Å²) in [6.07, 6.45) is 0.342. The summed E-state index contributed by atoms with van der Waals surface area (Å²) in [6.45, 7) is 8.02. The SMILES string of the molecule is Cc1ccc(C)c(CC(=O)Nc2ccc3c(c2)sc(=O)n3C(C)C)c1. The van der Waals surface area contributed by atoms with E-state index in [1.54, 1.807) is 4.57 Å². The van der Waals surface area contributed by atoms with Gasteiger partial charge in [0.1, 0.15) is 0 Å². The molecule has 0 atom stereocenters. The van der Waals surface area contributed by atoms with E-state index in [1.807, 2.05) is 64.1 Å². The number of nitrogens with one attached hydrogen (secondary N) is 1. The van der Waals surface area contributed by atoms with Crippen molar-refractivity contribution in [3.63, 3.8) is 0 Å². The van der Waals surface area contributed by atoms with Gasteiger partial charge in [-0.15, -0.1) is 0 Å². The lowest BCUT2D eigenvalue weighted by Gasteiger charge is -2.10. The Morgan fingerprint density at radius 2 is 1.92 bits per heavy atom. The zero-order valence-corrected chi connectivity index (χ0v) is 15.7. The number of aromatic nitrogens is 1. The minimum absolute atomic E-state index is 0.0314. The quantitative estimate of drug-likeness (QED) is 0.753. The molecule has 0 spiro atoms. The number of rotatable bonds is 4. The van der Waals surface area contributed by atoms with Crippen molar-refractivity contribution in [3.05, 3.63) is 62.8 Å². The molecule has 0 fully saturated rings.